The highest BCUT2D eigenvalue weighted by atomic mass is 127. The van der Waals surface area contributed by atoms with E-state index < -0.39 is 0 Å². The third kappa shape index (κ3) is 5.60. The molecule has 0 heterocycles. The van der Waals surface area contributed by atoms with Crippen molar-refractivity contribution in [3.8, 4) is 0 Å². The highest BCUT2D eigenvalue weighted by Gasteiger charge is 2.14. The molecule has 0 aliphatic carbocycles. The molecule has 100 valence electrons. The van der Waals surface area contributed by atoms with Crippen LogP contribution in [-0.2, 0) is 0 Å². The molecule has 0 fully saturated rings. The highest BCUT2D eigenvalue weighted by molar-refractivity contribution is 14.1. The summed E-state index contributed by atoms with van der Waals surface area (Å²) in [4.78, 5) is 12.2. The molecular weight excluding hydrogens is 565 g/mol. The zero-order chi connectivity index (χ0) is 13.5. The van der Waals surface area contributed by atoms with Crippen LogP contribution in [0.5, 0.6) is 0 Å². The minimum Gasteiger partial charge on any atom is -0.294 e. The van der Waals surface area contributed by atoms with E-state index in [0.29, 0.717) is 12.2 Å². The smallest absolute Gasteiger partial charge is 0.165 e. The predicted octanol–water partition coefficient (Wildman–Crippen LogP) is 6.04. The van der Waals surface area contributed by atoms with Crippen LogP contribution in [0.4, 0.5) is 0 Å². The monoisotopic (exact) mass is 582 g/mol. The van der Waals surface area contributed by atoms with Crippen molar-refractivity contribution in [3.63, 3.8) is 0 Å². The molecule has 0 atom stereocenters. The first kappa shape index (κ1) is 17.1. The van der Waals surface area contributed by atoms with Crippen molar-refractivity contribution in [2.75, 3.05) is 0 Å². The molecule has 0 amide bonds. The Kier molecular flexibility index (Phi) is 8.66. The first-order valence-electron chi connectivity index (χ1n) is 6.24. The van der Waals surface area contributed by atoms with Gasteiger partial charge in [-0.15, -0.1) is 0 Å². The lowest BCUT2D eigenvalue weighted by Gasteiger charge is -2.07. The summed E-state index contributed by atoms with van der Waals surface area (Å²) in [5.74, 6) is 0.302. The quantitative estimate of drug-likeness (QED) is 0.218. The van der Waals surface area contributed by atoms with Crippen LogP contribution < -0.4 is 0 Å². The summed E-state index contributed by atoms with van der Waals surface area (Å²) in [6.45, 7) is 2.21. The molecule has 0 saturated heterocycles. The molecule has 0 bridgehead atoms. The van der Waals surface area contributed by atoms with E-state index in [0.717, 1.165) is 19.1 Å². The molecule has 0 unspecified atom stereocenters. The van der Waals surface area contributed by atoms with Gasteiger partial charge in [-0.05, 0) is 86.3 Å². The van der Waals surface area contributed by atoms with Gasteiger partial charge in [0.25, 0.3) is 0 Å². The number of Topliss-reactive ketones (excluding diaryl/α,β-unsaturated/α-hetero) is 1. The van der Waals surface area contributed by atoms with Gasteiger partial charge in [-0.1, -0.05) is 32.6 Å². The summed E-state index contributed by atoms with van der Waals surface area (Å²) >= 11 is 6.84. The number of ketones is 1. The normalized spacial score (nSPS) is 10.7. The number of rotatable bonds is 7. The van der Waals surface area contributed by atoms with Crippen LogP contribution in [0.15, 0.2) is 12.1 Å². The van der Waals surface area contributed by atoms with Crippen LogP contribution in [0.3, 0.4) is 0 Å². The Morgan fingerprint density at radius 2 is 1.56 bits per heavy atom. The molecule has 1 rings (SSSR count). The van der Waals surface area contributed by atoms with Crippen LogP contribution in [0.2, 0.25) is 0 Å². The third-order valence-corrected chi connectivity index (χ3v) is 5.12. The van der Waals surface area contributed by atoms with E-state index >= 15 is 0 Å². The second-order valence-corrected chi connectivity index (χ2v) is 7.90. The topological polar surface area (TPSA) is 17.1 Å². The van der Waals surface area contributed by atoms with Gasteiger partial charge < -0.3 is 0 Å². The third-order valence-electron chi connectivity index (χ3n) is 2.79. The first-order chi connectivity index (χ1) is 8.56. The van der Waals surface area contributed by atoms with E-state index in [1.54, 1.807) is 0 Å². The number of unbranched alkanes of at least 4 members (excludes halogenated alkanes) is 4. The van der Waals surface area contributed by atoms with Crippen molar-refractivity contribution >= 4 is 73.6 Å². The molecule has 1 aromatic rings. The van der Waals surface area contributed by atoms with Gasteiger partial charge in [-0.3, -0.25) is 4.79 Å². The molecule has 18 heavy (non-hydrogen) atoms. The lowest BCUT2D eigenvalue weighted by molar-refractivity contribution is 0.0977. The minimum absolute atomic E-state index is 0.302. The standard InChI is InChI=1S/C14H17I3O/c1-2-3-4-5-6-7-13(18)14-11(16)8-10(15)9-12(14)17/h8-9H,2-7H2,1H3. The van der Waals surface area contributed by atoms with Gasteiger partial charge in [-0.2, -0.15) is 0 Å². The van der Waals surface area contributed by atoms with Crippen LogP contribution >= 0.6 is 67.8 Å². The lowest BCUT2D eigenvalue weighted by atomic mass is 10.0. The summed E-state index contributed by atoms with van der Waals surface area (Å²) < 4.78 is 3.37. The largest absolute Gasteiger partial charge is 0.294 e. The summed E-state index contributed by atoms with van der Waals surface area (Å²) in [6.07, 6.45) is 6.68. The Bertz CT molecular complexity index is 392. The van der Waals surface area contributed by atoms with Gasteiger partial charge in [0.15, 0.2) is 5.78 Å². The number of halogens is 3. The van der Waals surface area contributed by atoms with Gasteiger partial charge in [0.1, 0.15) is 0 Å². The van der Waals surface area contributed by atoms with Gasteiger partial charge in [0, 0.05) is 22.7 Å². The van der Waals surface area contributed by atoms with Crippen molar-refractivity contribution in [2.45, 2.75) is 45.4 Å². The van der Waals surface area contributed by atoms with Gasteiger partial charge >= 0.3 is 0 Å². The Labute approximate surface area is 150 Å². The summed E-state index contributed by atoms with van der Waals surface area (Å²) in [5, 5.41) is 0. The van der Waals surface area contributed by atoms with E-state index in [9.17, 15) is 4.79 Å². The Balaban J connectivity index is 2.57. The fraction of sp³-hybridized carbons (Fsp3) is 0.500. The number of carbonyl (C=O) groups excluding carboxylic acids is 1. The zero-order valence-electron chi connectivity index (χ0n) is 10.4. The van der Waals surface area contributed by atoms with E-state index in [-0.39, 0.29) is 0 Å². The maximum atomic E-state index is 12.2. The molecule has 0 N–H and O–H groups in total. The van der Waals surface area contributed by atoms with E-state index in [4.69, 9.17) is 0 Å². The van der Waals surface area contributed by atoms with E-state index in [1.165, 1.54) is 29.3 Å². The number of benzene rings is 1. The highest BCUT2D eigenvalue weighted by Crippen LogP contribution is 2.24. The van der Waals surface area contributed by atoms with Crippen LogP contribution in [-0.4, -0.2) is 5.78 Å². The van der Waals surface area contributed by atoms with Crippen LogP contribution in [0, 0.1) is 10.7 Å². The molecule has 0 aliphatic rings. The molecule has 0 saturated carbocycles. The predicted molar refractivity (Wildman–Crippen MR) is 102 cm³/mol. The fourth-order valence-corrected chi connectivity index (χ4v) is 6.01. The minimum atomic E-state index is 0.302. The molecule has 0 aromatic heterocycles. The summed E-state index contributed by atoms with van der Waals surface area (Å²) in [7, 11) is 0. The van der Waals surface area contributed by atoms with Crippen molar-refractivity contribution in [2.24, 2.45) is 0 Å². The second-order valence-electron chi connectivity index (χ2n) is 4.33. The van der Waals surface area contributed by atoms with E-state index in [1.807, 2.05) is 0 Å². The van der Waals surface area contributed by atoms with Crippen molar-refractivity contribution in [1.82, 2.24) is 0 Å². The Morgan fingerprint density at radius 1 is 1.00 bits per heavy atom. The zero-order valence-corrected chi connectivity index (χ0v) is 16.9. The molecule has 1 nitrogen and oxygen atoms in total. The van der Waals surface area contributed by atoms with Gasteiger partial charge in [-0.25, -0.2) is 0 Å². The number of hydrogen-bond acceptors (Lipinski definition) is 1. The first-order valence-corrected chi connectivity index (χ1v) is 9.47. The maximum Gasteiger partial charge on any atom is 0.165 e. The van der Waals surface area contributed by atoms with Crippen molar-refractivity contribution < 1.29 is 4.79 Å². The SMILES string of the molecule is CCCCCCCC(=O)c1c(I)cc(I)cc1I. The second kappa shape index (κ2) is 9.10. The molecular formula is C14H17I3O. The molecule has 0 aliphatic heterocycles. The number of carbonyl (C=O) groups is 1. The summed E-state index contributed by atoms with van der Waals surface area (Å²) in [5.41, 5.74) is 0.923. The Morgan fingerprint density at radius 3 is 2.11 bits per heavy atom. The van der Waals surface area contributed by atoms with Crippen LogP contribution in [0.1, 0.15) is 55.8 Å². The van der Waals surface area contributed by atoms with Gasteiger partial charge in [0.2, 0.25) is 0 Å². The fourth-order valence-electron chi connectivity index (χ4n) is 1.82. The van der Waals surface area contributed by atoms with Crippen LogP contribution in [0.25, 0.3) is 0 Å². The molecule has 1 aromatic carbocycles. The van der Waals surface area contributed by atoms with Crippen molar-refractivity contribution in [1.29, 1.82) is 0 Å². The Hall–Kier alpha value is 1.08. The lowest BCUT2D eigenvalue weighted by Crippen LogP contribution is -2.05. The maximum absolute atomic E-state index is 12.2. The molecule has 4 heteroatoms. The van der Waals surface area contributed by atoms with Gasteiger partial charge in [0.05, 0.1) is 0 Å². The molecule has 0 spiro atoms. The molecule has 0 radical (unpaired) electrons. The average Bonchev–Trinajstić information content (AvgIpc) is 2.27. The van der Waals surface area contributed by atoms with Crippen molar-refractivity contribution in [3.05, 3.63) is 28.4 Å². The average molecular weight is 582 g/mol. The van der Waals surface area contributed by atoms with E-state index in [2.05, 4.69) is 86.8 Å². The number of hydrogen-bond donors (Lipinski definition) is 0. The summed E-state index contributed by atoms with van der Waals surface area (Å²) in [6, 6.07) is 4.15.